The fraction of sp³-hybridized carbons (Fsp3) is 0.353. The summed E-state index contributed by atoms with van der Waals surface area (Å²) in [6.45, 7) is 2.99. The minimum absolute atomic E-state index is 0.0612. The molecule has 3 N–H and O–H groups in total. The highest BCUT2D eigenvalue weighted by molar-refractivity contribution is 5.95. The zero-order chi connectivity index (χ0) is 31.6. The van der Waals surface area contributed by atoms with E-state index in [9.17, 15) is 14.7 Å². The molecule has 0 saturated carbocycles. The number of benzene rings is 3. The number of ether oxygens (including phenoxy) is 3. The van der Waals surface area contributed by atoms with E-state index in [1.807, 2.05) is 55.6 Å². The summed E-state index contributed by atoms with van der Waals surface area (Å²) in [5.74, 6) is 0.120. The summed E-state index contributed by atoms with van der Waals surface area (Å²) in [4.78, 5) is 30.7. The van der Waals surface area contributed by atoms with Gasteiger partial charge in [0.15, 0.2) is 11.5 Å². The number of carboxylic acid groups (broad SMARTS) is 1. The minimum atomic E-state index is -0.882. The van der Waals surface area contributed by atoms with Gasteiger partial charge in [-0.15, -0.1) is 0 Å². The van der Waals surface area contributed by atoms with Crippen molar-refractivity contribution in [2.75, 3.05) is 41.5 Å². The summed E-state index contributed by atoms with van der Waals surface area (Å²) in [6, 6.07) is 20.8. The van der Waals surface area contributed by atoms with E-state index in [0.29, 0.717) is 48.7 Å². The molecular weight excluding hydrogens is 560 g/mol. The number of carboxylic acids is 1. The van der Waals surface area contributed by atoms with Crippen molar-refractivity contribution in [1.29, 1.82) is 0 Å². The van der Waals surface area contributed by atoms with Crippen LogP contribution in [-0.4, -0.2) is 85.4 Å². The Morgan fingerprint density at radius 1 is 0.932 bits per heavy atom. The Labute approximate surface area is 258 Å². The third-order valence-electron chi connectivity index (χ3n) is 7.75. The second-order valence-corrected chi connectivity index (χ2v) is 10.7. The molecule has 1 aromatic heterocycles. The summed E-state index contributed by atoms with van der Waals surface area (Å²) in [5, 5.41) is 12.9. The van der Waals surface area contributed by atoms with Crippen LogP contribution in [0.1, 0.15) is 34.8 Å². The van der Waals surface area contributed by atoms with Gasteiger partial charge in [-0.25, -0.2) is 5.01 Å². The van der Waals surface area contributed by atoms with Crippen LogP contribution in [0.3, 0.4) is 0 Å². The molecule has 0 unspecified atom stereocenters. The predicted molar refractivity (Wildman–Crippen MR) is 171 cm³/mol. The summed E-state index contributed by atoms with van der Waals surface area (Å²) in [5.41, 5.74) is 7.11. The zero-order valence-electron chi connectivity index (χ0n) is 26.0. The van der Waals surface area contributed by atoms with E-state index >= 15 is 0 Å². The van der Waals surface area contributed by atoms with Gasteiger partial charge in [0.05, 0.1) is 27.8 Å². The van der Waals surface area contributed by atoms with E-state index in [1.165, 1.54) is 21.3 Å². The highest BCUT2D eigenvalue weighted by atomic mass is 16.5. The Kier molecular flexibility index (Phi) is 11.2. The molecule has 0 saturated heterocycles. The van der Waals surface area contributed by atoms with Gasteiger partial charge in [-0.2, -0.15) is 0 Å². The van der Waals surface area contributed by atoms with Crippen molar-refractivity contribution in [3.8, 4) is 17.2 Å². The Morgan fingerprint density at radius 2 is 1.59 bits per heavy atom. The lowest BCUT2D eigenvalue weighted by Crippen LogP contribution is -2.55. The molecule has 10 nitrogen and oxygen atoms in total. The standard InChI is InChI=1S/C34H42N4O6/c1-6-38(36-26(20-32(39)40)17-25-21-35-29-15-11-10-14-28(25)29)27(16-23-12-8-7-9-13-23)22-37(2)34(41)24-18-30(42-3)33(44-5)31(19-24)43-4/h7-15,18-19,21,26-27,35-36H,6,16-17,20,22H2,1-5H3,(H,39,40)/t26-,27-/m0/s1. The minimum Gasteiger partial charge on any atom is -0.493 e. The molecule has 0 radical (unpaired) electrons. The third-order valence-corrected chi connectivity index (χ3v) is 7.75. The van der Waals surface area contributed by atoms with E-state index < -0.39 is 5.97 Å². The Bertz CT molecular complexity index is 1510. The maximum absolute atomic E-state index is 13.7. The largest absolute Gasteiger partial charge is 0.493 e. The van der Waals surface area contributed by atoms with Crippen molar-refractivity contribution >= 4 is 22.8 Å². The average molecular weight is 603 g/mol. The van der Waals surface area contributed by atoms with Crippen LogP contribution in [0.15, 0.2) is 72.9 Å². The maximum atomic E-state index is 13.7. The lowest BCUT2D eigenvalue weighted by Gasteiger charge is -2.36. The van der Waals surface area contributed by atoms with E-state index in [4.69, 9.17) is 14.2 Å². The molecule has 1 amide bonds. The summed E-state index contributed by atoms with van der Waals surface area (Å²) in [6.07, 6.45) is 3.05. The molecule has 0 aliphatic rings. The number of nitrogens with one attached hydrogen (secondary N) is 2. The van der Waals surface area contributed by atoms with Crippen LogP contribution in [0.25, 0.3) is 10.9 Å². The number of rotatable bonds is 16. The normalized spacial score (nSPS) is 12.6. The molecule has 3 aromatic carbocycles. The first-order valence-corrected chi connectivity index (χ1v) is 14.7. The van der Waals surface area contributed by atoms with E-state index in [2.05, 4.69) is 27.6 Å². The summed E-state index contributed by atoms with van der Waals surface area (Å²) in [7, 11) is 6.31. The molecular formula is C34H42N4O6. The predicted octanol–water partition coefficient (Wildman–Crippen LogP) is 4.79. The second-order valence-electron chi connectivity index (χ2n) is 10.7. The van der Waals surface area contributed by atoms with Gasteiger partial charge in [0.25, 0.3) is 5.91 Å². The van der Waals surface area contributed by atoms with Crippen molar-refractivity contribution in [2.24, 2.45) is 0 Å². The lowest BCUT2D eigenvalue weighted by atomic mass is 10.0. The van der Waals surface area contributed by atoms with Gasteiger partial charge in [0.2, 0.25) is 5.75 Å². The number of aromatic nitrogens is 1. The molecule has 234 valence electrons. The molecule has 10 heteroatoms. The molecule has 4 aromatic rings. The van der Waals surface area contributed by atoms with Crippen LogP contribution in [0.5, 0.6) is 17.2 Å². The Morgan fingerprint density at radius 3 is 2.20 bits per heavy atom. The Balaban J connectivity index is 1.60. The van der Waals surface area contributed by atoms with Crippen molar-refractivity contribution < 1.29 is 28.9 Å². The zero-order valence-corrected chi connectivity index (χ0v) is 26.0. The second kappa shape index (κ2) is 15.3. The SMILES string of the molecule is CCN(N[C@H](CC(=O)O)Cc1c[nH]c2ccccc12)[C@@H](Cc1ccccc1)CN(C)C(=O)c1cc(OC)c(OC)c(OC)c1. The Hall–Kier alpha value is -4.54. The first kappa shape index (κ1) is 32.4. The van der Waals surface area contributed by atoms with Crippen LogP contribution in [-0.2, 0) is 17.6 Å². The number of amides is 1. The number of aliphatic carboxylic acids is 1. The van der Waals surface area contributed by atoms with Crippen LogP contribution in [0, 0.1) is 0 Å². The van der Waals surface area contributed by atoms with Gasteiger partial charge < -0.3 is 29.2 Å². The first-order valence-electron chi connectivity index (χ1n) is 14.7. The van der Waals surface area contributed by atoms with Gasteiger partial charge in [-0.1, -0.05) is 55.5 Å². The number of fused-ring (bicyclic) bond motifs is 1. The molecule has 0 spiro atoms. The number of likely N-dealkylation sites (N-methyl/N-ethyl adjacent to an activating group) is 2. The first-order chi connectivity index (χ1) is 21.3. The monoisotopic (exact) mass is 602 g/mol. The highest BCUT2D eigenvalue weighted by Crippen LogP contribution is 2.38. The third kappa shape index (κ3) is 7.89. The van der Waals surface area contributed by atoms with E-state index in [1.54, 1.807) is 24.1 Å². The van der Waals surface area contributed by atoms with Gasteiger partial charge in [0, 0.05) is 54.9 Å². The smallest absolute Gasteiger partial charge is 0.304 e. The fourth-order valence-electron chi connectivity index (χ4n) is 5.61. The lowest BCUT2D eigenvalue weighted by molar-refractivity contribution is -0.138. The van der Waals surface area contributed by atoms with Crippen molar-refractivity contribution in [2.45, 2.75) is 38.3 Å². The van der Waals surface area contributed by atoms with Gasteiger partial charge in [-0.05, 0) is 42.2 Å². The van der Waals surface area contributed by atoms with Crippen molar-refractivity contribution in [1.82, 2.24) is 20.3 Å². The van der Waals surface area contributed by atoms with Gasteiger partial charge in [-0.3, -0.25) is 15.0 Å². The fourth-order valence-corrected chi connectivity index (χ4v) is 5.61. The number of methoxy groups -OCH3 is 3. The number of hydrogen-bond acceptors (Lipinski definition) is 7. The number of carbonyl (C=O) groups excluding carboxylic acids is 1. The molecule has 2 atom stereocenters. The molecule has 0 bridgehead atoms. The number of hydrogen-bond donors (Lipinski definition) is 3. The number of para-hydroxylation sites is 1. The summed E-state index contributed by atoms with van der Waals surface area (Å²) < 4.78 is 16.4. The van der Waals surface area contributed by atoms with Crippen LogP contribution in [0.4, 0.5) is 0 Å². The van der Waals surface area contributed by atoms with Crippen LogP contribution < -0.4 is 19.6 Å². The van der Waals surface area contributed by atoms with Crippen molar-refractivity contribution in [3.63, 3.8) is 0 Å². The number of carbonyl (C=O) groups is 2. The molecule has 4 rings (SSSR count). The molecule has 0 aliphatic heterocycles. The van der Waals surface area contributed by atoms with E-state index in [-0.39, 0.29) is 24.4 Å². The summed E-state index contributed by atoms with van der Waals surface area (Å²) >= 11 is 0. The van der Waals surface area contributed by atoms with Crippen molar-refractivity contribution in [3.05, 3.63) is 89.6 Å². The molecule has 1 heterocycles. The average Bonchev–Trinajstić information content (AvgIpc) is 3.44. The highest BCUT2D eigenvalue weighted by Gasteiger charge is 2.27. The maximum Gasteiger partial charge on any atom is 0.304 e. The van der Waals surface area contributed by atoms with Gasteiger partial charge in [0.1, 0.15) is 0 Å². The topological polar surface area (TPSA) is 116 Å². The van der Waals surface area contributed by atoms with Crippen LogP contribution in [0.2, 0.25) is 0 Å². The molecule has 0 aliphatic carbocycles. The quantitative estimate of drug-likeness (QED) is 0.157. The number of hydrazine groups is 1. The van der Waals surface area contributed by atoms with E-state index in [0.717, 1.165) is 22.0 Å². The number of H-pyrrole nitrogens is 1. The van der Waals surface area contributed by atoms with Gasteiger partial charge >= 0.3 is 5.97 Å². The number of nitrogens with zero attached hydrogens (tertiary/aromatic N) is 2. The molecule has 0 fully saturated rings. The number of aromatic amines is 1. The van der Waals surface area contributed by atoms with Crippen LogP contribution >= 0.6 is 0 Å². The molecule has 44 heavy (non-hydrogen) atoms.